The molecule has 0 spiro atoms. The summed E-state index contributed by atoms with van der Waals surface area (Å²) in [5.74, 6) is 1.61. The molecule has 4 rings (SSSR count). The molecule has 7 heteroatoms. The van der Waals surface area contributed by atoms with Crippen LogP contribution in [0.2, 0.25) is 0 Å². The van der Waals surface area contributed by atoms with E-state index in [4.69, 9.17) is 4.74 Å². The number of hydrogen-bond donors (Lipinski definition) is 0. The van der Waals surface area contributed by atoms with Crippen molar-refractivity contribution in [2.45, 2.75) is 12.8 Å². The first-order valence-electron chi connectivity index (χ1n) is 9.50. The number of benzene rings is 1. The van der Waals surface area contributed by atoms with Crippen LogP contribution in [0.3, 0.4) is 0 Å². The fourth-order valence-corrected chi connectivity index (χ4v) is 3.66. The lowest BCUT2D eigenvalue weighted by molar-refractivity contribution is 0.0792. The van der Waals surface area contributed by atoms with Crippen LogP contribution >= 0.6 is 0 Å². The Bertz CT molecular complexity index is 764. The summed E-state index contributed by atoms with van der Waals surface area (Å²) in [5.41, 5.74) is 1.78. The number of aromatic nitrogens is 2. The summed E-state index contributed by atoms with van der Waals surface area (Å²) in [7, 11) is 1.68. The average Bonchev–Trinajstić information content (AvgIpc) is 3.28. The van der Waals surface area contributed by atoms with Crippen LogP contribution in [0.25, 0.3) is 0 Å². The SMILES string of the molecule is COc1ccc(N2CCN(c3ncc(C(=O)N4CCCC4)cn3)CC2)cc1. The molecule has 2 aromatic rings. The number of methoxy groups -OCH3 is 1. The number of piperazine rings is 1. The molecule has 2 fully saturated rings. The smallest absolute Gasteiger partial charge is 0.256 e. The van der Waals surface area contributed by atoms with Crippen molar-refractivity contribution in [1.82, 2.24) is 14.9 Å². The van der Waals surface area contributed by atoms with Gasteiger partial charge in [0.1, 0.15) is 5.75 Å². The van der Waals surface area contributed by atoms with Gasteiger partial charge in [-0.3, -0.25) is 4.79 Å². The van der Waals surface area contributed by atoms with E-state index in [1.165, 1.54) is 5.69 Å². The number of anilines is 2. The molecule has 0 atom stereocenters. The molecule has 0 bridgehead atoms. The van der Waals surface area contributed by atoms with E-state index in [0.717, 1.165) is 57.9 Å². The van der Waals surface area contributed by atoms with Crippen molar-refractivity contribution in [2.24, 2.45) is 0 Å². The van der Waals surface area contributed by atoms with Crippen LogP contribution in [0.5, 0.6) is 5.75 Å². The van der Waals surface area contributed by atoms with Gasteiger partial charge in [0, 0.05) is 57.3 Å². The summed E-state index contributed by atoms with van der Waals surface area (Å²) in [6, 6.07) is 8.15. The van der Waals surface area contributed by atoms with E-state index in [9.17, 15) is 4.79 Å². The fraction of sp³-hybridized carbons (Fsp3) is 0.450. The molecule has 2 saturated heterocycles. The number of carbonyl (C=O) groups excluding carboxylic acids is 1. The molecule has 0 unspecified atom stereocenters. The van der Waals surface area contributed by atoms with Crippen LogP contribution in [-0.4, -0.2) is 67.2 Å². The van der Waals surface area contributed by atoms with E-state index < -0.39 is 0 Å². The molecule has 7 nitrogen and oxygen atoms in total. The number of likely N-dealkylation sites (tertiary alicyclic amines) is 1. The molecule has 2 aliphatic rings. The van der Waals surface area contributed by atoms with Crippen molar-refractivity contribution >= 4 is 17.5 Å². The van der Waals surface area contributed by atoms with Gasteiger partial charge in [-0.25, -0.2) is 9.97 Å². The first-order chi connectivity index (χ1) is 13.2. The molecule has 0 radical (unpaired) electrons. The number of ether oxygens (including phenoxy) is 1. The highest BCUT2D eigenvalue weighted by Gasteiger charge is 2.22. The highest BCUT2D eigenvalue weighted by atomic mass is 16.5. The van der Waals surface area contributed by atoms with Crippen LogP contribution < -0.4 is 14.5 Å². The van der Waals surface area contributed by atoms with Gasteiger partial charge < -0.3 is 19.4 Å². The van der Waals surface area contributed by atoms with Gasteiger partial charge in [-0.1, -0.05) is 0 Å². The Hall–Kier alpha value is -2.83. The molecule has 1 aromatic carbocycles. The Balaban J connectivity index is 1.35. The van der Waals surface area contributed by atoms with E-state index in [1.54, 1.807) is 19.5 Å². The normalized spacial score (nSPS) is 17.3. The minimum Gasteiger partial charge on any atom is -0.497 e. The van der Waals surface area contributed by atoms with E-state index >= 15 is 0 Å². The number of amides is 1. The third kappa shape index (κ3) is 3.82. The van der Waals surface area contributed by atoms with Gasteiger partial charge in [0.15, 0.2) is 0 Å². The fourth-order valence-electron chi connectivity index (χ4n) is 3.66. The van der Waals surface area contributed by atoms with Crippen molar-refractivity contribution in [3.8, 4) is 5.75 Å². The van der Waals surface area contributed by atoms with Crippen molar-refractivity contribution in [3.63, 3.8) is 0 Å². The van der Waals surface area contributed by atoms with Gasteiger partial charge in [0.25, 0.3) is 5.91 Å². The Morgan fingerprint density at radius 2 is 1.48 bits per heavy atom. The van der Waals surface area contributed by atoms with Gasteiger partial charge in [-0.05, 0) is 37.1 Å². The van der Waals surface area contributed by atoms with Gasteiger partial charge in [-0.2, -0.15) is 0 Å². The second-order valence-electron chi connectivity index (χ2n) is 6.94. The summed E-state index contributed by atoms with van der Waals surface area (Å²) < 4.78 is 5.22. The monoisotopic (exact) mass is 367 g/mol. The first-order valence-corrected chi connectivity index (χ1v) is 9.50. The predicted molar refractivity (Wildman–Crippen MR) is 105 cm³/mol. The molecule has 1 amide bonds. The van der Waals surface area contributed by atoms with Crippen molar-refractivity contribution in [2.75, 3.05) is 56.2 Å². The Morgan fingerprint density at radius 1 is 0.889 bits per heavy atom. The summed E-state index contributed by atoms with van der Waals surface area (Å²) in [6.07, 6.45) is 5.50. The molecule has 2 aliphatic heterocycles. The summed E-state index contributed by atoms with van der Waals surface area (Å²) in [6.45, 7) is 5.20. The van der Waals surface area contributed by atoms with Crippen LogP contribution in [-0.2, 0) is 0 Å². The number of hydrogen-bond acceptors (Lipinski definition) is 6. The van der Waals surface area contributed by atoms with Crippen molar-refractivity contribution in [1.29, 1.82) is 0 Å². The second-order valence-corrected chi connectivity index (χ2v) is 6.94. The zero-order chi connectivity index (χ0) is 18.6. The van der Waals surface area contributed by atoms with Crippen LogP contribution in [0.1, 0.15) is 23.2 Å². The largest absolute Gasteiger partial charge is 0.497 e. The van der Waals surface area contributed by atoms with Gasteiger partial charge in [0.2, 0.25) is 5.95 Å². The molecule has 27 heavy (non-hydrogen) atoms. The van der Waals surface area contributed by atoms with Crippen LogP contribution in [0, 0.1) is 0 Å². The van der Waals surface area contributed by atoms with Crippen molar-refractivity contribution < 1.29 is 9.53 Å². The zero-order valence-electron chi connectivity index (χ0n) is 15.7. The zero-order valence-corrected chi connectivity index (χ0v) is 15.7. The van der Waals surface area contributed by atoms with E-state index in [1.807, 2.05) is 17.0 Å². The van der Waals surface area contributed by atoms with E-state index in [0.29, 0.717) is 11.5 Å². The lowest BCUT2D eigenvalue weighted by Crippen LogP contribution is -2.47. The minimum absolute atomic E-state index is 0.0448. The Kier molecular flexibility index (Phi) is 5.09. The molecular formula is C20H25N5O2. The number of nitrogens with zero attached hydrogens (tertiary/aromatic N) is 5. The van der Waals surface area contributed by atoms with Gasteiger partial charge in [-0.15, -0.1) is 0 Å². The van der Waals surface area contributed by atoms with E-state index in [2.05, 4.69) is 31.9 Å². The topological polar surface area (TPSA) is 61.8 Å². The summed E-state index contributed by atoms with van der Waals surface area (Å²) in [4.78, 5) is 27.7. The first kappa shape index (κ1) is 17.6. The molecule has 1 aromatic heterocycles. The van der Waals surface area contributed by atoms with Crippen molar-refractivity contribution in [3.05, 3.63) is 42.2 Å². The molecule has 0 aliphatic carbocycles. The van der Waals surface area contributed by atoms with Gasteiger partial charge in [0.05, 0.1) is 12.7 Å². The maximum Gasteiger partial charge on any atom is 0.256 e. The minimum atomic E-state index is 0.0448. The maximum atomic E-state index is 12.4. The van der Waals surface area contributed by atoms with Crippen LogP contribution in [0.15, 0.2) is 36.7 Å². The van der Waals surface area contributed by atoms with Gasteiger partial charge >= 0.3 is 0 Å². The average molecular weight is 367 g/mol. The third-order valence-corrected chi connectivity index (χ3v) is 5.28. The van der Waals surface area contributed by atoms with E-state index in [-0.39, 0.29) is 5.91 Å². The predicted octanol–water partition coefficient (Wildman–Crippen LogP) is 2.05. The lowest BCUT2D eigenvalue weighted by Gasteiger charge is -2.36. The Morgan fingerprint density at radius 3 is 2.07 bits per heavy atom. The third-order valence-electron chi connectivity index (χ3n) is 5.28. The molecule has 0 N–H and O–H groups in total. The molecule has 3 heterocycles. The Labute approximate surface area is 159 Å². The molecule has 142 valence electrons. The number of carbonyl (C=O) groups is 1. The highest BCUT2D eigenvalue weighted by Crippen LogP contribution is 2.21. The maximum absolute atomic E-state index is 12.4. The number of rotatable bonds is 4. The highest BCUT2D eigenvalue weighted by molar-refractivity contribution is 5.93. The molecular weight excluding hydrogens is 342 g/mol. The lowest BCUT2D eigenvalue weighted by atomic mass is 10.2. The standard InChI is InChI=1S/C20H25N5O2/c1-27-18-6-4-17(5-7-18)23-10-12-25(13-11-23)20-21-14-16(15-22-20)19(26)24-8-2-3-9-24/h4-7,14-15H,2-3,8-13H2,1H3. The van der Waals surface area contributed by atoms with Crippen LogP contribution in [0.4, 0.5) is 11.6 Å². The molecule has 0 saturated carbocycles. The summed E-state index contributed by atoms with van der Waals surface area (Å²) >= 11 is 0. The second kappa shape index (κ2) is 7.82. The summed E-state index contributed by atoms with van der Waals surface area (Å²) in [5, 5.41) is 0. The quantitative estimate of drug-likeness (QED) is 0.824.